The zero-order valence-corrected chi connectivity index (χ0v) is 12.1. The summed E-state index contributed by atoms with van der Waals surface area (Å²) in [5, 5.41) is 12.7. The van der Waals surface area contributed by atoms with Crippen molar-refractivity contribution in [1.82, 2.24) is 5.32 Å². The number of carbonyl (C=O) groups is 1. The van der Waals surface area contributed by atoms with Crippen molar-refractivity contribution in [2.24, 2.45) is 0 Å². The van der Waals surface area contributed by atoms with Crippen LogP contribution in [0.5, 0.6) is 0 Å². The number of aliphatic hydroxyl groups excluding tert-OH is 1. The summed E-state index contributed by atoms with van der Waals surface area (Å²) in [7, 11) is 1.77. The molecular weight excluding hydrogens is 259 g/mol. The molecule has 1 atom stereocenters. The molecule has 0 radical (unpaired) electrons. The fraction of sp³-hybridized carbons (Fsp3) is 0.533. The number of likely N-dealkylation sites (N-methyl/N-ethyl adjacent to an activating group) is 1. The first-order chi connectivity index (χ1) is 9.38. The first kappa shape index (κ1) is 14.8. The molecule has 0 heterocycles. The van der Waals surface area contributed by atoms with Crippen molar-refractivity contribution in [3.05, 3.63) is 29.1 Å². The lowest BCUT2D eigenvalue weighted by Crippen LogP contribution is -2.36. The van der Waals surface area contributed by atoms with Crippen LogP contribution in [0.1, 0.15) is 37.0 Å². The highest BCUT2D eigenvalue weighted by atomic mass is 19.1. The number of rotatable bonds is 5. The van der Waals surface area contributed by atoms with Gasteiger partial charge in [0.25, 0.3) is 0 Å². The van der Waals surface area contributed by atoms with Gasteiger partial charge in [-0.25, -0.2) is 4.39 Å². The first-order valence-electron chi connectivity index (χ1n) is 6.87. The molecule has 1 aliphatic carbocycles. The Hall–Kier alpha value is -1.62. The molecule has 0 bridgehead atoms. The van der Waals surface area contributed by atoms with Crippen LogP contribution in [0.25, 0.3) is 0 Å². The normalized spacial score (nSPS) is 15.8. The average Bonchev–Trinajstić information content (AvgIpc) is 3.15. The number of carbonyl (C=O) groups excluding carboxylic acids is 1. The molecule has 0 aliphatic heterocycles. The lowest BCUT2D eigenvalue weighted by Gasteiger charge is -2.24. The van der Waals surface area contributed by atoms with Gasteiger partial charge in [0.05, 0.1) is 12.6 Å². The molecule has 2 N–H and O–H groups in total. The van der Waals surface area contributed by atoms with Crippen molar-refractivity contribution in [3.63, 3.8) is 0 Å². The molecule has 1 saturated carbocycles. The lowest BCUT2D eigenvalue weighted by atomic mass is 10.0. The van der Waals surface area contributed by atoms with Gasteiger partial charge in [-0.2, -0.15) is 0 Å². The Kier molecular flexibility index (Phi) is 4.28. The topological polar surface area (TPSA) is 52.6 Å². The van der Waals surface area contributed by atoms with E-state index in [4.69, 9.17) is 0 Å². The second kappa shape index (κ2) is 5.79. The van der Waals surface area contributed by atoms with E-state index in [2.05, 4.69) is 5.32 Å². The summed E-state index contributed by atoms with van der Waals surface area (Å²) >= 11 is 0. The Bertz CT molecular complexity index is 513. The zero-order chi connectivity index (χ0) is 14.9. The monoisotopic (exact) mass is 280 g/mol. The zero-order valence-electron chi connectivity index (χ0n) is 12.1. The van der Waals surface area contributed by atoms with Crippen molar-refractivity contribution in [3.8, 4) is 0 Å². The number of aliphatic hydroxyl groups is 1. The second-order valence-corrected chi connectivity index (χ2v) is 5.53. The third-order valence-corrected chi connectivity index (χ3v) is 3.49. The lowest BCUT2D eigenvalue weighted by molar-refractivity contribution is -0.119. The van der Waals surface area contributed by atoms with Crippen LogP contribution < -0.4 is 10.2 Å². The fourth-order valence-corrected chi connectivity index (χ4v) is 2.15. The molecule has 20 heavy (non-hydrogen) atoms. The number of aryl methyl sites for hydroxylation is 1. The molecule has 0 spiro atoms. The third-order valence-electron chi connectivity index (χ3n) is 3.49. The Morgan fingerprint density at radius 3 is 2.75 bits per heavy atom. The number of nitrogens with zero attached hydrogens (tertiary/aromatic N) is 1. The number of halogens is 1. The summed E-state index contributed by atoms with van der Waals surface area (Å²) in [6.45, 7) is 3.45. The van der Waals surface area contributed by atoms with Crippen LogP contribution in [0.4, 0.5) is 10.1 Å². The van der Waals surface area contributed by atoms with E-state index < -0.39 is 6.10 Å². The molecule has 1 fully saturated rings. The summed E-state index contributed by atoms with van der Waals surface area (Å²) in [5.41, 5.74) is 1.68. The van der Waals surface area contributed by atoms with E-state index in [1.807, 2.05) is 0 Å². The van der Waals surface area contributed by atoms with Crippen molar-refractivity contribution in [1.29, 1.82) is 0 Å². The summed E-state index contributed by atoms with van der Waals surface area (Å²) in [6.07, 6.45) is 1.31. The largest absolute Gasteiger partial charge is 0.389 e. The van der Waals surface area contributed by atoms with Crippen LogP contribution in [-0.2, 0) is 4.79 Å². The van der Waals surface area contributed by atoms with Crippen molar-refractivity contribution < 1.29 is 14.3 Å². The molecule has 5 heteroatoms. The van der Waals surface area contributed by atoms with Crippen LogP contribution >= 0.6 is 0 Å². The number of amides is 1. The molecule has 110 valence electrons. The van der Waals surface area contributed by atoms with Crippen molar-refractivity contribution >= 4 is 11.6 Å². The summed E-state index contributed by atoms with van der Waals surface area (Å²) in [6, 6.07) is 3.33. The van der Waals surface area contributed by atoms with Crippen LogP contribution in [0.3, 0.4) is 0 Å². The highest BCUT2D eigenvalue weighted by Gasteiger charge is 2.24. The minimum absolute atomic E-state index is 0.0477. The Balaban J connectivity index is 2.16. The Morgan fingerprint density at radius 2 is 2.20 bits per heavy atom. The number of anilines is 1. The molecule has 1 aromatic carbocycles. The van der Waals surface area contributed by atoms with E-state index in [1.165, 1.54) is 6.07 Å². The molecule has 1 aliphatic rings. The number of hydrogen-bond acceptors (Lipinski definition) is 3. The number of nitrogens with one attached hydrogen (secondary N) is 1. The van der Waals surface area contributed by atoms with Crippen molar-refractivity contribution in [2.75, 3.05) is 18.5 Å². The fourth-order valence-electron chi connectivity index (χ4n) is 2.15. The minimum atomic E-state index is -0.783. The molecule has 4 nitrogen and oxygen atoms in total. The van der Waals surface area contributed by atoms with E-state index >= 15 is 0 Å². The quantitative estimate of drug-likeness (QED) is 0.866. The SMILES string of the molecule is Cc1cc(N(C)CC(=O)NC2CC2)c([C@H](C)O)cc1F. The molecule has 2 rings (SSSR count). The number of benzene rings is 1. The number of hydrogen-bond donors (Lipinski definition) is 2. The third kappa shape index (κ3) is 3.48. The predicted octanol–water partition coefficient (Wildman–Crippen LogP) is 1.90. The molecule has 0 saturated heterocycles. The highest BCUT2D eigenvalue weighted by Crippen LogP contribution is 2.28. The van der Waals surface area contributed by atoms with Gasteiger partial charge in [-0.1, -0.05) is 0 Å². The predicted molar refractivity (Wildman–Crippen MR) is 76.2 cm³/mol. The van der Waals surface area contributed by atoms with Gasteiger partial charge in [-0.05, 0) is 44.4 Å². The maximum Gasteiger partial charge on any atom is 0.239 e. The Morgan fingerprint density at radius 1 is 1.55 bits per heavy atom. The summed E-state index contributed by atoms with van der Waals surface area (Å²) < 4.78 is 13.6. The van der Waals surface area contributed by atoms with Gasteiger partial charge in [0.2, 0.25) is 5.91 Å². The average molecular weight is 280 g/mol. The van der Waals surface area contributed by atoms with Gasteiger partial charge in [0.1, 0.15) is 5.82 Å². The van der Waals surface area contributed by atoms with E-state index in [-0.39, 0.29) is 18.3 Å². The van der Waals surface area contributed by atoms with Gasteiger partial charge >= 0.3 is 0 Å². The van der Waals surface area contributed by atoms with Crippen LogP contribution in [0.2, 0.25) is 0 Å². The van der Waals surface area contributed by atoms with Crippen LogP contribution in [-0.4, -0.2) is 30.6 Å². The summed E-state index contributed by atoms with van der Waals surface area (Å²) in [5.74, 6) is -0.394. The van der Waals surface area contributed by atoms with Crippen LogP contribution in [0, 0.1) is 12.7 Å². The van der Waals surface area contributed by atoms with Gasteiger partial charge < -0.3 is 15.3 Å². The van der Waals surface area contributed by atoms with E-state index in [1.54, 1.807) is 31.9 Å². The second-order valence-electron chi connectivity index (χ2n) is 5.53. The first-order valence-corrected chi connectivity index (χ1v) is 6.87. The van der Waals surface area contributed by atoms with Gasteiger partial charge in [-0.3, -0.25) is 4.79 Å². The standard InChI is InChI=1S/C15H21FN2O2/c1-9-6-14(12(10(2)19)7-13(9)16)18(3)8-15(20)17-11-4-5-11/h6-7,10-11,19H,4-5,8H2,1-3H3,(H,17,20)/t10-/m0/s1. The van der Waals surface area contributed by atoms with Gasteiger partial charge in [0.15, 0.2) is 0 Å². The Labute approximate surface area is 118 Å². The van der Waals surface area contributed by atoms with E-state index in [9.17, 15) is 14.3 Å². The molecular formula is C15H21FN2O2. The molecule has 1 amide bonds. The van der Waals surface area contributed by atoms with Crippen LogP contribution in [0.15, 0.2) is 12.1 Å². The molecule has 0 aromatic heterocycles. The van der Waals surface area contributed by atoms with Crippen molar-refractivity contribution in [2.45, 2.75) is 38.8 Å². The van der Waals surface area contributed by atoms with Gasteiger partial charge in [0, 0.05) is 24.3 Å². The highest BCUT2D eigenvalue weighted by molar-refractivity contribution is 5.82. The minimum Gasteiger partial charge on any atom is -0.389 e. The molecule has 0 unspecified atom stereocenters. The maximum atomic E-state index is 13.6. The smallest absolute Gasteiger partial charge is 0.239 e. The molecule has 1 aromatic rings. The maximum absolute atomic E-state index is 13.6. The van der Waals surface area contributed by atoms with Gasteiger partial charge in [-0.15, -0.1) is 0 Å². The van der Waals surface area contributed by atoms with E-state index in [0.29, 0.717) is 22.9 Å². The van der Waals surface area contributed by atoms with E-state index in [0.717, 1.165) is 12.8 Å². The summed E-state index contributed by atoms with van der Waals surface area (Å²) in [4.78, 5) is 13.6.